The molecule has 0 spiro atoms. The van der Waals surface area contributed by atoms with Crippen molar-refractivity contribution in [3.8, 4) is 0 Å². The lowest BCUT2D eigenvalue weighted by Crippen LogP contribution is -2.40. The minimum atomic E-state index is -0.0680. The first-order chi connectivity index (χ1) is 15.2. The molecule has 10 nitrogen and oxygen atoms in total. The molecule has 5 unspecified atom stereocenters. The van der Waals surface area contributed by atoms with Gasteiger partial charge in [-0.25, -0.2) is 4.98 Å². The molecule has 31 heavy (non-hydrogen) atoms. The number of fused-ring (bicyclic) bond motifs is 1. The van der Waals surface area contributed by atoms with Gasteiger partial charge in [-0.2, -0.15) is 10.1 Å². The summed E-state index contributed by atoms with van der Waals surface area (Å²) < 4.78 is 23.0. The van der Waals surface area contributed by atoms with Crippen LogP contribution in [0.5, 0.6) is 0 Å². The molecular formula is C19H26ClN7O3S. The zero-order valence-electron chi connectivity index (χ0n) is 17.2. The number of rotatable bonds is 8. The van der Waals surface area contributed by atoms with E-state index in [0.717, 1.165) is 30.9 Å². The van der Waals surface area contributed by atoms with Gasteiger partial charge in [0.2, 0.25) is 5.95 Å². The van der Waals surface area contributed by atoms with Crippen molar-refractivity contribution in [2.45, 2.75) is 43.2 Å². The first-order valence-corrected chi connectivity index (χ1v) is 11.8. The Kier molecular flexibility index (Phi) is 6.49. The molecule has 3 fully saturated rings. The molecular weight excluding hydrogens is 442 g/mol. The predicted molar refractivity (Wildman–Crippen MR) is 119 cm³/mol. The van der Waals surface area contributed by atoms with Gasteiger partial charge in [-0.1, -0.05) is 23.5 Å². The van der Waals surface area contributed by atoms with Gasteiger partial charge in [0.05, 0.1) is 49.5 Å². The number of aromatic nitrogens is 4. The lowest BCUT2D eigenvalue weighted by molar-refractivity contribution is 0.0691. The van der Waals surface area contributed by atoms with E-state index in [1.807, 2.05) is 13.2 Å². The van der Waals surface area contributed by atoms with Crippen LogP contribution in [-0.2, 0) is 21.3 Å². The van der Waals surface area contributed by atoms with Crippen LogP contribution in [0, 0.1) is 0 Å². The molecule has 0 aliphatic carbocycles. The van der Waals surface area contributed by atoms with Crippen molar-refractivity contribution in [2.24, 2.45) is 7.05 Å². The second kappa shape index (κ2) is 9.47. The molecule has 0 amide bonds. The number of aryl methyl sites for hydroxylation is 1. The van der Waals surface area contributed by atoms with Crippen LogP contribution in [0.1, 0.15) is 12.8 Å². The van der Waals surface area contributed by atoms with E-state index in [1.54, 1.807) is 29.0 Å². The number of hydrogen-bond donors (Lipinski definition) is 3. The SMILES string of the molecule is Cn1cc(Nc2ncc(Cl)c(NC3COC4C(NSCC5CCCO5)COC34)n2)cn1. The van der Waals surface area contributed by atoms with E-state index in [-0.39, 0.29) is 24.3 Å². The fraction of sp³-hybridized carbons (Fsp3) is 0.632. The molecule has 5 heterocycles. The van der Waals surface area contributed by atoms with Crippen molar-refractivity contribution in [2.75, 3.05) is 36.2 Å². The third-order valence-electron chi connectivity index (χ3n) is 5.61. The summed E-state index contributed by atoms with van der Waals surface area (Å²) >= 11 is 8.04. The van der Waals surface area contributed by atoms with Crippen LogP contribution in [0.25, 0.3) is 0 Å². The third kappa shape index (κ3) is 4.91. The van der Waals surface area contributed by atoms with Crippen LogP contribution in [0.15, 0.2) is 18.6 Å². The average molecular weight is 468 g/mol. The number of nitrogens with zero attached hydrogens (tertiary/aromatic N) is 4. The highest BCUT2D eigenvalue weighted by molar-refractivity contribution is 7.97. The maximum atomic E-state index is 6.34. The molecule has 0 bridgehead atoms. The first kappa shape index (κ1) is 21.2. The van der Waals surface area contributed by atoms with Gasteiger partial charge in [-0.3, -0.25) is 9.40 Å². The highest BCUT2D eigenvalue weighted by Crippen LogP contribution is 2.31. The van der Waals surface area contributed by atoms with E-state index in [1.165, 1.54) is 0 Å². The lowest BCUT2D eigenvalue weighted by atomic mass is 10.1. The zero-order chi connectivity index (χ0) is 21.2. The maximum Gasteiger partial charge on any atom is 0.229 e. The van der Waals surface area contributed by atoms with Crippen molar-refractivity contribution in [1.82, 2.24) is 24.5 Å². The second-order valence-corrected chi connectivity index (χ2v) is 9.20. The first-order valence-electron chi connectivity index (χ1n) is 10.4. The molecule has 168 valence electrons. The number of nitrogens with one attached hydrogen (secondary N) is 3. The van der Waals surface area contributed by atoms with Crippen LogP contribution < -0.4 is 15.4 Å². The molecule has 12 heteroatoms. The van der Waals surface area contributed by atoms with E-state index in [0.29, 0.717) is 36.1 Å². The van der Waals surface area contributed by atoms with Crippen molar-refractivity contribution in [3.63, 3.8) is 0 Å². The number of halogens is 1. The molecule has 0 saturated carbocycles. The van der Waals surface area contributed by atoms with Crippen LogP contribution in [0.2, 0.25) is 5.02 Å². The summed E-state index contributed by atoms with van der Waals surface area (Å²) in [6.45, 7) is 2.01. The monoisotopic (exact) mass is 467 g/mol. The van der Waals surface area contributed by atoms with E-state index in [4.69, 9.17) is 25.8 Å². The Morgan fingerprint density at radius 2 is 2.03 bits per heavy atom. The molecule has 0 aromatic carbocycles. The molecule has 3 aliphatic heterocycles. The van der Waals surface area contributed by atoms with Crippen molar-refractivity contribution < 1.29 is 14.2 Å². The second-order valence-electron chi connectivity index (χ2n) is 7.93. The van der Waals surface area contributed by atoms with Gasteiger partial charge in [-0.05, 0) is 12.8 Å². The molecule has 3 N–H and O–H groups in total. The van der Waals surface area contributed by atoms with Crippen molar-refractivity contribution in [3.05, 3.63) is 23.6 Å². The normalized spacial score (nSPS) is 29.9. The minimum absolute atomic E-state index is 0.0110. The topological polar surface area (TPSA) is 107 Å². The molecule has 0 radical (unpaired) electrons. The third-order valence-corrected chi connectivity index (χ3v) is 6.89. The van der Waals surface area contributed by atoms with Gasteiger partial charge in [0.25, 0.3) is 0 Å². The van der Waals surface area contributed by atoms with E-state index in [9.17, 15) is 0 Å². The molecule has 2 aromatic rings. The molecule has 5 atom stereocenters. The van der Waals surface area contributed by atoms with Crippen LogP contribution in [0.3, 0.4) is 0 Å². The van der Waals surface area contributed by atoms with Crippen LogP contribution in [-0.4, -0.2) is 75.7 Å². The van der Waals surface area contributed by atoms with Gasteiger partial charge < -0.3 is 24.8 Å². The molecule has 3 saturated heterocycles. The highest BCUT2D eigenvalue weighted by Gasteiger charge is 2.48. The van der Waals surface area contributed by atoms with Gasteiger partial charge in [0, 0.05) is 25.6 Å². The van der Waals surface area contributed by atoms with Gasteiger partial charge >= 0.3 is 0 Å². The van der Waals surface area contributed by atoms with Crippen molar-refractivity contribution >= 4 is 41.0 Å². The fourth-order valence-electron chi connectivity index (χ4n) is 4.07. The van der Waals surface area contributed by atoms with Crippen LogP contribution in [0.4, 0.5) is 17.5 Å². The Morgan fingerprint density at radius 3 is 2.81 bits per heavy atom. The summed E-state index contributed by atoms with van der Waals surface area (Å²) in [6, 6.07) is 0.102. The quantitative estimate of drug-likeness (QED) is 0.498. The Bertz CT molecular complexity index is 897. The molecule has 2 aromatic heterocycles. The Hall–Kier alpha value is -1.63. The summed E-state index contributed by atoms with van der Waals surface area (Å²) in [5.74, 6) is 1.93. The summed E-state index contributed by atoms with van der Waals surface area (Å²) in [6.07, 6.45) is 7.69. The number of anilines is 3. The molecule has 5 rings (SSSR count). The largest absolute Gasteiger partial charge is 0.377 e. The summed E-state index contributed by atoms with van der Waals surface area (Å²) in [7, 11) is 1.85. The minimum Gasteiger partial charge on any atom is -0.377 e. The van der Waals surface area contributed by atoms with Crippen LogP contribution >= 0.6 is 23.5 Å². The van der Waals surface area contributed by atoms with E-state index >= 15 is 0 Å². The van der Waals surface area contributed by atoms with Gasteiger partial charge in [0.1, 0.15) is 17.2 Å². The average Bonchev–Trinajstić information content (AvgIpc) is 3.53. The fourth-order valence-corrected chi connectivity index (χ4v) is 5.17. The van der Waals surface area contributed by atoms with Gasteiger partial charge in [-0.15, -0.1) is 0 Å². The maximum absolute atomic E-state index is 6.34. The highest BCUT2D eigenvalue weighted by atomic mass is 35.5. The zero-order valence-corrected chi connectivity index (χ0v) is 18.7. The summed E-state index contributed by atoms with van der Waals surface area (Å²) in [4.78, 5) is 8.77. The smallest absolute Gasteiger partial charge is 0.229 e. The lowest BCUT2D eigenvalue weighted by Gasteiger charge is -2.19. The van der Waals surface area contributed by atoms with Crippen molar-refractivity contribution in [1.29, 1.82) is 0 Å². The number of hydrogen-bond acceptors (Lipinski definition) is 10. The standard InChI is InChI=1S/C19H26ClN7O3S/c1-27-7-11(5-22-27)23-19-21-6-13(20)18(25-19)24-14-8-29-17-15(9-30-16(14)17)26-31-10-12-3-2-4-28-12/h5-7,12,14-17,26H,2-4,8-10H2,1H3,(H2,21,23,24,25). The predicted octanol–water partition coefficient (Wildman–Crippen LogP) is 1.97. The molecule has 3 aliphatic rings. The Labute approximate surface area is 189 Å². The van der Waals surface area contributed by atoms with E-state index in [2.05, 4.69) is 30.4 Å². The Balaban J connectivity index is 1.17. The Morgan fingerprint density at radius 1 is 1.19 bits per heavy atom. The number of ether oxygens (including phenoxy) is 3. The van der Waals surface area contributed by atoms with Gasteiger partial charge in [0.15, 0.2) is 5.82 Å². The summed E-state index contributed by atoms with van der Waals surface area (Å²) in [5, 5.41) is 11.1. The summed E-state index contributed by atoms with van der Waals surface area (Å²) in [5.41, 5.74) is 0.800. The van der Waals surface area contributed by atoms with E-state index < -0.39 is 0 Å².